The third kappa shape index (κ3) is 15.9. The van der Waals surface area contributed by atoms with Crippen LogP contribution in [-0.2, 0) is 18.9 Å². The van der Waals surface area contributed by atoms with Crippen LogP contribution >= 0.6 is 7.82 Å². The van der Waals surface area contributed by atoms with E-state index in [1.807, 2.05) is 12.2 Å². The molecule has 0 aromatic carbocycles. The molecule has 0 spiro atoms. The van der Waals surface area contributed by atoms with Crippen molar-refractivity contribution < 1.29 is 33.6 Å². The molecule has 24 heavy (non-hydrogen) atoms. The fraction of sp³-hybridized carbons (Fsp3) is 0.750. The number of hydrogen-bond acceptors (Lipinski definition) is 4. The predicted octanol–water partition coefficient (Wildman–Crippen LogP) is 3.23. The van der Waals surface area contributed by atoms with E-state index in [4.69, 9.17) is 19.2 Å². The van der Waals surface area contributed by atoms with Gasteiger partial charge in [-0.2, -0.15) is 0 Å². The van der Waals surface area contributed by atoms with E-state index in [2.05, 4.69) is 11.7 Å². The van der Waals surface area contributed by atoms with Crippen molar-refractivity contribution in [2.45, 2.75) is 71.1 Å². The molecule has 1 rings (SSSR count). The number of allylic oxidation sites excluding steroid dienone is 1. The number of esters is 2. The molecule has 0 aromatic heterocycles. The first-order valence-corrected chi connectivity index (χ1v) is 10.00. The number of carbonyl (C=O) groups is 2. The zero-order valence-corrected chi connectivity index (χ0v) is 15.1. The van der Waals surface area contributed by atoms with Crippen LogP contribution in [-0.4, -0.2) is 26.6 Å². The molecule has 140 valence electrons. The number of ether oxygens (including phenoxy) is 1. The third-order valence-electron chi connectivity index (χ3n) is 3.50. The molecule has 1 unspecified atom stereocenters. The van der Waals surface area contributed by atoms with Crippen LogP contribution in [0.1, 0.15) is 71.1 Å². The molecule has 8 heteroatoms. The Hall–Kier alpha value is -1.01. The van der Waals surface area contributed by atoms with Crippen LogP contribution in [0, 0.1) is 5.92 Å². The number of rotatable bonds is 10. The summed E-state index contributed by atoms with van der Waals surface area (Å²) in [5.74, 6) is -1.12. The molecule has 1 aliphatic heterocycles. The Morgan fingerprint density at radius 1 is 1.04 bits per heavy atom. The first-order valence-electron chi connectivity index (χ1n) is 8.43. The number of hydrogen-bond donors (Lipinski definition) is 3. The van der Waals surface area contributed by atoms with E-state index in [1.54, 1.807) is 0 Å². The van der Waals surface area contributed by atoms with E-state index in [0.717, 1.165) is 6.42 Å². The van der Waals surface area contributed by atoms with Crippen molar-refractivity contribution in [1.29, 1.82) is 0 Å². The Bertz CT molecular complexity index is 433. The van der Waals surface area contributed by atoms with Gasteiger partial charge in [0.1, 0.15) is 0 Å². The van der Waals surface area contributed by atoms with Crippen molar-refractivity contribution in [3.8, 4) is 0 Å². The maximum atomic E-state index is 11.2. The summed E-state index contributed by atoms with van der Waals surface area (Å²) in [6, 6.07) is 0. The summed E-state index contributed by atoms with van der Waals surface area (Å²) < 4.78 is 13.4. The van der Waals surface area contributed by atoms with E-state index in [-0.39, 0.29) is 12.3 Å². The molecule has 0 bridgehead atoms. The maximum Gasteiger partial charge on any atom is 0.466 e. The fourth-order valence-corrected chi connectivity index (χ4v) is 2.30. The Morgan fingerprint density at radius 2 is 1.54 bits per heavy atom. The summed E-state index contributed by atoms with van der Waals surface area (Å²) in [6.07, 6.45) is 15.5. The summed E-state index contributed by atoms with van der Waals surface area (Å²) in [5, 5.41) is 0. The lowest BCUT2D eigenvalue weighted by atomic mass is 10.0. The van der Waals surface area contributed by atoms with Crippen LogP contribution in [0.15, 0.2) is 12.2 Å². The summed E-state index contributed by atoms with van der Waals surface area (Å²) >= 11 is 0. The first kappa shape index (κ1) is 23.0. The quantitative estimate of drug-likeness (QED) is 0.179. The van der Waals surface area contributed by atoms with Crippen molar-refractivity contribution in [2.24, 2.45) is 5.92 Å². The van der Waals surface area contributed by atoms with Crippen LogP contribution in [0.25, 0.3) is 0 Å². The Labute approximate surface area is 143 Å². The molecule has 1 aliphatic rings. The molecule has 0 amide bonds. The van der Waals surface area contributed by atoms with Gasteiger partial charge in [0.2, 0.25) is 0 Å². The first-order chi connectivity index (χ1) is 11.2. The van der Waals surface area contributed by atoms with E-state index in [0.29, 0.717) is 0 Å². The van der Waals surface area contributed by atoms with Gasteiger partial charge in [-0.05, 0) is 12.8 Å². The second kappa shape index (κ2) is 13.3. The van der Waals surface area contributed by atoms with Gasteiger partial charge in [0.15, 0.2) is 0 Å². The van der Waals surface area contributed by atoms with E-state index in [9.17, 15) is 9.59 Å². The van der Waals surface area contributed by atoms with Gasteiger partial charge < -0.3 is 19.4 Å². The highest BCUT2D eigenvalue weighted by Crippen LogP contribution is 2.25. The van der Waals surface area contributed by atoms with Gasteiger partial charge in [-0.3, -0.25) is 9.59 Å². The molecule has 1 atom stereocenters. The monoisotopic (exact) mass is 364 g/mol. The highest BCUT2D eigenvalue weighted by Gasteiger charge is 2.30. The zero-order chi connectivity index (χ0) is 18.4. The predicted molar refractivity (Wildman–Crippen MR) is 89.8 cm³/mol. The molecule has 0 radical (unpaired) electrons. The average Bonchev–Trinajstić information content (AvgIpc) is 2.77. The van der Waals surface area contributed by atoms with Crippen molar-refractivity contribution in [3.05, 3.63) is 12.2 Å². The molecule has 3 N–H and O–H groups in total. The number of carbonyl (C=O) groups excluding carboxylic acids is 2. The number of cyclic esters (lactones) is 2. The van der Waals surface area contributed by atoms with Crippen LogP contribution < -0.4 is 0 Å². The fourth-order valence-electron chi connectivity index (χ4n) is 2.30. The maximum absolute atomic E-state index is 11.2. The van der Waals surface area contributed by atoms with Gasteiger partial charge in [0.05, 0.1) is 12.3 Å². The Kier molecular flexibility index (Phi) is 12.7. The Balaban J connectivity index is 0.000000922. The minimum atomic E-state index is -4.64. The number of unbranched alkanes of at least 4 members (excludes halogenated alkanes) is 8. The second-order valence-corrected chi connectivity index (χ2v) is 6.84. The summed E-state index contributed by atoms with van der Waals surface area (Å²) in [4.78, 5) is 43.6. The van der Waals surface area contributed by atoms with E-state index < -0.39 is 19.8 Å². The molecular formula is C16H29O7P. The largest absolute Gasteiger partial charge is 0.466 e. The van der Waals surface area contributed by atoms with Gasteiger partial charge in [-0.15, -0.1) is 0 Å². The zero-order valence-electron chi connectivity index (χ0n) is 14.2. The average molecular weight is 364 g/mol. The van der Waals surface area contributed by atoms with Gasteiger partial charge >= 0.3 is 19.8 Å². The lowest BCUT2D eigenvalue weighted by Gasteiger charge is -2.00. The lowest BCUT2D eigenvalue weighted by Crippen LogP contribution is -2.03. The minimum Gasteiger partial charge on any atom is -0.393 e. The summed E-state index contributed by atoms with van der Waals surface area (Å²) in [7, 11) is -4.64. The van der Waals surface area contributed by atoms with E-state index >= 15 is 0 Å². The van der Waals surface area contributed by atoms with Crippen molar-refractivity contribution in [3.63, 3.8) is 0 Å². The molecular weight excluding hydrogens is 335 g/mol. The molecule has 0 saturated carbocycles. The normalized spacial score (nSPS) is 17.8. The second-order valence-electron chi connectivity index (χ2n) is 5.81. The summed E-state index contributed by atoms with van der Waals surface area (Å²) in [5.41, 5.74) is 0. The number of phosphoric acid groups is 1. The smallest absolute Gasteiger partial charge is 0.393 e. The SMILES string of the molecule is CCCCCCCCCC/C=C/C1CC(=O)OC1=O.O=P(O)(O)O. The summed E-state index contributed by atoms with van der Waals surface area (Å²) in [6.45, 7) is 2.24. The van der Waals surface area contributed by atoms with Gasteiger partial charge in [0, 0.05) is 0 Å². The lowest BCUT2D eigenvalue weighted by molar-refractivity contribution is -0.152. The molecule has 0 aromatic rings. The topological polar surface area (TPSA) is 121 Å². The molecule has 0 aliphatic carbocycles. The van der Waals surface area contributed by atoms with Gasteiger partial charge in [-0.1, -0.05) is 64.0 Å². The molecule has 1 heterocycles. The van der Waals surface area contributed by atoms with Crippen molar-refractivity contribution >= 4 is 19.8 Å². The van der Waals surface area contributed by atoms with Crippen molar-refractivity contribution in [2.75, 3.05) is 0 Å². The third-order valence-corrected chi connectivity index (χ3v) is 3.50. The highest BCUT2D eigenvalue weighted by molar-refractivity contribution is 7.45. The van der Waals surface area contributed by atoms with Crippen LogP contribution in [0.3, 0.4) is 0 Å². The molecule has 7 nitrogen and oxygen atoms in total. The van der Waals surface area contributed by atoms with E-state index in [1.165, 1.54) is 51.4 Å². The highest BCUT2D eigenvalue weighted by atomic mass is 31.2. The van der Waals surface area contributed by atoms with Gasteiger partial charge in [0.25, 0.3) is 0 Å². The van der Waals surface area contributed by atoms with Gasteiger partial charge in [-0.25, -0.2) is 4.57 Å². The van der Waals surface area contributed by atoms with Crippen LogP contribution in [0.2, 0.25) is 0 Å². The molecule has 1 saturated heterocycles. The molecule has 1 fully saturated rings. The van der Waals surface area contributed by atoms with Crippen molar-refractivity contribution in [1.82, 2.24) is 0 Å². The Morgan fingerprint density at radius 3 is 2.00 bits per heavy atom. The van der Waals surface area contributed by atoms with Crippen LogP contribution in [0.4, 0.5) is 0 Å². The minimum absolute atomic E-state index is 0.215. The van der Waals surface area contributed by atoms with Crippen LogP contribution in [0.5, 0.6) is 0 Å². The standard InChI is InChI=1S/C16H26O3.H3O4P/c1-2-3-4-5-6-7-8-9-10-11-12-14-13-15(17)19-16(14)18;1-5(2,3)4/h11-12,14H,2-10,13H2,1H3;(H3,1,2,3,4)/b12-11+;.